The lowest BCUT2D eigenvalue weighted by atomic mass is 10.9. The van der Waals surface area contributed by atoms with Gasteiger partial charge in [0.2, 0.25) is 0 Å². The summed E-state index contributed by atoms with van der Waals surface area (Å²) in [7, 11) is -7.41. The molecule has 0 aliphatic carbocycles. The molecule has 1 aromatic rings. The van der Waals surface area contributed by atoms with Gasteiger partial charge in [0.1, 0.15) is 0 Å². The molecule has 0 aliphatic rings. The van der Waals surface area contributed by atoms with Crippen LogP contribution in [0.25, 0.3) is 0 Å². The summed E-state index contributed by atoms with van der Waals surface area (Å²) in [6, 6.07) is 0. The van der Waals surface area contributed by atoms with Crippen LogP contribution >= 0.6 is 27.0 Å². The van der Waals surface area contributed by atoms with E-state index in [9.17, 15) is 9.13 Å². The molecule has 140 valence electrons. The summed E-state index contributed by atoms with van der Waals surface area (Å²) < 4.78 is 48.1. The first-order valence-corrected chi connectivity index (χ1v) is 12.1. The van der Waals surface area contributed by atoms with Crippen LogP contribution in [0.2, 0.25) is 0 Å². The van der Waals surface area contributed by atoms with Gasteiger partial charge in [-0.15, -0.1) is 0 Å². The Morgan fingerprint density at radius 3 is 1.79 bits per heavy atom. The molecule has 1 N–H and O–H groups in total. The summed E-state index contributed by atoms with van der Waals surface area (Å²) in [6.45, 7) is 7.47. The molecule has 0 fully saturated rings. The Morgan fingerprint density at radius 2 is 1.46 bits per heavy atom. The second-order valence-corrected chi connectivity index (χ2v) is 10.3. The van der Waals surface area contributed by atoms with E-state index >= 15 is 0 Å². The SMILES string of the molecule is CCOP(=O)(OCC)C(CSc1ncc[nH]1)P(=O)(OCC)OCC. The zero-order chi connectivity index (χ0) is 18.1. The minimum Gasteiger partial charge on any atom is -0.340 e. The second kappa shape index (κ2) is 10.8. The Balaban J connectivity index is 3.15. The van der Waals surface area contributed by atoms with E-state index in [0.29, 0.717) is 5.16 Å². The van der Waals surface area contributed by atoms with Crippen LogP contribution in [0.1, 0.15) is 27.7 Å². The normalized spacial score (nSPS) is 12.9. The van der Waals surface area contributed by atoms with E-state index in [-0.39, 0.29) is 32.2 Å². The maximum atomic E-state index is 13.2. The third kappa shape index (κ3) is 5.99. The topological polar surface area (TPSA) is 99.7 Å². The van der Waals surface area contributed by atoms with Crippen LogP contribution in [0.15, 0.2) is 17.6 Å². The number of thioether (sulfide) groups is 1. The van der Waals surface area contributed by atoms with Crippen molar-refractivity contribution in [2.24, 2.45) is 0 Å². The molecule has 0 saturated carbocycles. The minimum absolute atomic E-state index is 0.155. The van der Waals surface area contributed by atoms with E-state index < -0.39 is 20.6 Å². The molecule has 1 rings (SSSR count). The molecule has 8 nitrogen and oxygen atoms in total. The van der Waals surface area contributed by atoms with Gasteiger partial charge < -0.3 is 23.1 Å². The van der Waals surface area contributed by atoms with Crippen molar-refractivity contribution in [3.8, 4) is 0 Å². The Bertz CT molecular complexity index is 507. The molecule has 0 saturated heterocycles. The van der Waals surface area contributed by atoms with Crippen molar-refractivity contribution < 1.29 is 27.2 Å². The van der Waals surface area contributed by atoms with Crippen molar-refractivity contribution in [3.63, 3.8) is 0 Å². The zero-order valence-corrected chi connectivity index (χ0v) is 17.1. The number of aromatic amines is 1. The maximum absolute atomic E-state index is 13.2. The summed E-state index contributed by atoms with van der Waals surface area (Å²) >= 11 is 1.26. The van der Waals surface area contributed by atoms with Crippen molar-refractivity contribution in [2.45, 2.75) is 38.3 Å². The Morgan fingerprint density at radius 1 is 1.00 bits per heavy atom. The van der Waals surface area contributed by atoms with Gasteiger partial charge in [-0.1, -0.05) is 11.8 Å². The average Bonchev–Trinajstić information content (AvgIpc) is 3.01. The summed E-state index contributed by atoms with van der Waals surface area (Å²) in [5.41, 5.74) is 0. The quantitative estimate of drug-likeness (QED) is 0.385. The molecule has 0 atom stereocenters. The van der Waals surface area contributed by atoms with Crippen LogP contribution in [-0.2, 0) is 27.2 Å². The molecule has 24 heavy (non-hydrogen) atoms. The fourth-order valence-corrected chi connectivity index (χ4v) is 8.94. The second-order valence-electron chi connectivity index (χ2n) is 4.44. The highest BCUT2D eigenvalue weighted by molar-refractivity contribution is 8.00. The molecular weight excluding hydrogens is 374 g/mol. The molecule has 0 unspecified atom stereocenters. The molecule has 1 aromatic heterocycles. The molecule has 0 aromatic carbocycles. The first-order valence-electron chi connectivity index (χ1n) is 7.85. The van der Waals surface area contributed by atoms with Gasteiger partial charge in [-0.05, 0) is 27.7 Å². The van der Waals surface area contributed by atoms with Crippen LogP contribution in [0.5, 0.6) is 0 Å². The average molecular weight is 400 g/mol. The number of hydrogen-bond donors (Lipinski definition) is 1. The van der Waals surface area contributed by atoms with Gasteiger partial charge in [-0.3, -0.25) is 9.13 Å². The van der Waals surface area contributed by atoms with E-state index in [1.54, 1.807) is 40.1 Å². The van der Waals surface area contributed by atoms with E-state index in [0.717, 1.165) is 0 Å². The number of H-pyrrole nitrogens is 1. The van der Waals surface area contributed by atoms with Crippen molar-refractivity contribution in [2.75, 3.05) is 32.2 Å². The van der Waals surface area contributed by atoms with Crippen molar-refractivity contribution >= 4 is 27.0 Å². The van der Waals surface area contributed by atoms with Gasteiger partial charge in [-0.25, -0.2) is 4.98 Å². The zero-order valence-electron chi connectivity index (χ0n) is 14.5. The highest BCUT2D eigenvalue weighted by Gasteiger charge is 2.50. The lowest BCUT2D eigenvalue weighted by molar-refractivity contribution is 0.197. The van der Waals surface area contributed by atoms with Crippen LogP contribution in [0, 0.1) is 0 Å². The predicted octanol–water partition coefficient (Wildman–Crippen LogP) is 4.36. The van der Waals surface area contributed by atoms with Crippen molar-refractivity contribution in [1.29, 1.82) is 0 Å². The van der Waals surface area contributed by atoms with Crippen molar-refractivity contribution in [3.05, 3.63) is 12.4 Å². The maximum Gasteiger partial charge on any atom is 0.346 e. The molecule has 0 radical (unpaired) electrons. The number of nitrogens with zero attached hydrogens (tertiary/aromatic N) is 1. The number of imidazole rings is 1. The fourth-order valence-electron chi connectivity index (χ4n) is 1.98. The fraction of sp³-hybridized carbons (Fsp3) is 0.769. The van der Waals surface area contributed by atoms with Gasteiger partial charge in [0.15, 0.2) is 10.6 Å². The first kappa shape index (κ1) is 21.9. The van der Waals surface area contributed by atoms with E-state index in [2.05, 4.69) is 9.97 Å². The van der Waals surface area contributed by atoms with E-state index in [4.69, 9.17) is 18.1 Å². The third-order valence-corrected chi connectivity index (χ3v) is 10.3. The lowest BCUT2D eigenvalue weighted by Crippen LogP contribution is -2.20. The number of nitrogens with one attached hydrogen (secondary N) is 1. The molecule has 0 aliphatic heterocycles. The van der Waals surface area contributed by atoms with Gasteiger partial charge in [0.25, 0.3) is 0 Å². The summed E-state index contributed by atoms with van der Waals surface area (Å²) in [5, 5.41) is -0.431. The monoisotopic (exact) mass is 400 g/mol. The van der Waals surface area contributed by atoms with Gasteiger partial charge in [0.05, 0.1) is 26.4 Å². The summed E-state index contributed by atoms with van der Waals surface area (Å²) in [6.07, 6.45) is 3.28. The van der Waals surface area contributed by atoms with Crippen LogP contribution in [0.4, 0.5) is 0 Å². The number of aromatic nitrogens is 2. The van der Waals surface area contributed by atoms with Gasteiger partial charge in [0, 0.05) is 18.1 Å². The molecular formula is C13H26N2O6P2S. The largest absolute Gasteiger partial charge is 0.346 e. The Kier molecular flexibility index (Phi) is 9.82. The van der Waals surface area contributed by atoms with Crippen molar-refractivity contribution in [1.82, 2.24) is 9.97 Å². The summed E-state index contributed by atoms with van der Waals surface area (Å²) in [4.78, 5) is 7.03. The predicted molar refractivity (Wildman–Crippen MR) is 94.8 cm³/mol. The molecule has 0 spiro atoms. The number of hydrogen-bond acceptors (Lipinski definition) is 8. The lowest BCUT2D eigenvalue weighted by Gasteiger charge is -2.30. The molecule has 11 heteroatoms. The van der Waals surface area contributed by atoms with Gasteiger partial charge in [-0.2, -0.15) is 0 Å². The minimum atomic E-state index is -3.70. The highest BCUT2D eigenvalue weighted by atomic mass is 32.2. The van der Waals surface area contributed by atoms with E-state index in [1.165, 1.54) is 11.8 Å². The smallest absolute Gasteiger partial charge is 0.340 e. The highest BCUT2D eigenvalue weighted by Crippen LogP contribution is 2.71. The van der Waals surface area contributed by atoms with E-state index in [1.807, 2.05) is 0 Å². The summed E-state index contributed by atoms with van der Waals surface area (Å²) in [5.74, 6) is 0.155. The van der Waals surface area contributed by atoms with Gasteiger partial charge >= 0.3 is 15.2 Å². The van der Waals surface area contributed by atoms with Crippen LogP contribution in [-0.4, -0.2) is 47.5 Å². The third-order valence-electron chi connectivity index (χ3n) is 2.81. The van der Waals surface area contributed by atoms with Crippen LogP contribution in [0.3, 0.4) is 0 Å². The van der Waals surface area contributed by atoms with Crippen LogP contribution < -0.4 is 0 Å². The Hall–Kier alpha value is -0.140. The molecule has 1 heterocycles. The molecule has 0 amide bonds. The molecule has 0 bridgehead atoms. The standard InChI is InChI=1S/C13H26N2O6P2S/c1-5-18-22(16,19-6-2)12(11-24-13-14-9-10-15-13)23(17,20-7-3)21-8-4/h9-10,12H,5-8,11H2,1-4H3,(H,14,15). The first-order chi connectivity index (χ1) is 11.5. The number of rotatable bonds is 13. The Labute approximate surface area is 147 Å².